The van der Waals surface area contributed by atoms with E-state index in [-0.39, 0.29) is 49.1 Å². The summed E-state index contributed by atoms with van der Waals surface area (Å²) in [5.74, 6) is -5.31. The van der Waals surface area contributed by atoms with E-state index in [4.69, 9.17) is 23.2 Å². The van der Waals surface area contributed by atoms with Crippen molar-refractivity contribution in [1.29, 1.82) is 0 Å². The van der Waals surface area contributed by atoms with E-state index in [1.54, 1.807) is 32.9 Å². The monoisotopic (exact) mass is 647 g/mol. The van der Waals surface area contributed by atoms with Crippen molar-refractivity contribution in [3.63, 3.8) is 0 Å². The van der Waals surface area contributed by atoms with Crippen molar-refractivity contribution in [2.45, 2.75) is 45.7 Å². The summed E-state index contributed by atoms with van der Waals surface area (Å²) in [6.07, 6.45) is -10.5. The Morgan fingerprint density at radius 2 is 1.63 bits per heavy atom. The van der Waals surface area contributed by atoms with Crippen LogP contribution in [0.1, 0.15) is 57.6 Å². The highest BCUT2D eigenvalue weighted by Crippen LogP contribution is 2.33. The van der Waals surface area contributed by atoms with Crippen molar-refractivity contribution < 1.29 is 35.9 Å². The number of hydrogen-bond acceptors (Lipinski definition) is 5. The molecule has 0 unspecified atom stereocenters. The smallest absolute Gasteiger partial charge is 0.350 e. The Labute approximate surface area is 249 Å². The Morgan fingerprint density at radius 1 is 0.953 bits per heavy atom. The van der Waals surface area contributed by atoms with E-state index in [1.807, 2.05) is 0 Å². The number of amides is 2. The lowest BCUT2D eigenvalue weighted by atomic mass is 10.1. The van der Waals surface area contributed by atoms with Gasteiger partial charge in [-0.25, -0.2) is 9.36 Å². The third-order valence-electron chi connectivity index (χ3n) is 5.77. The van der Waals surface area contributed by atoms with Crippen LogP contribution in [0.2, 0.25) is 10.0 Å². The van der Waals surface area contributed by atoms with Crippen LogP contribution in [0.15, 0.2) is 42.5 Å². The Hall–Kier alpha value is -4.11. The van der Waals surface area contributed by atoms with Gasteiger partial charge in [0.1, 0.15) is 5.69 Å². The van der Waals surface area contributed by atoms with E-state index in [0.717, 1.165) is 10.7 Å². The van der Waals surface area contributed by atoms with Crippen LogP contribution in [0.25, 0.3) is 5.69 Å². The molecule has 0 spiro atoms. The maximum atomic E-state index is 13.6. The lowest BCUT2D eigenvalue weighted by Crippen LogP contribution is -2.31. The average molecular weight is 648 g/mol. The van der Waals surface area contributed by atoms with Gasteiger partial charge in [0.15, 0.2) is 0 Å². The molecule has 4 rings (SSSR count). The molecule has 2 amide bonds. The molecule has 0 aliphatic carbocycles. The molecule has 0 atom stereocenters. The molecule has 0 bridgehead atoms. The Bertz CT molecular complexity index is 1700. The normalized spacial score (nSPS) is 12.1. The molecule has 0 aliphatic heterocycles. The summed E-state index contributed by atoms with van der Waals surface area (Å²) in [7, 11) is 0. The highest BCUT2D eigenvalue weighted by Gasteiger charge is 2.44. The molecular weight excluding hydrogens is 627 g/mol. The summed E-state index contributed by atoms with van der Waals surface area (Å²) >= 11 is 12.4. The van der Waals surface area contributed by atoms with Crippen molar-refractivity contribution in [3.05, 3.63) is 86.7 Å². The first-order valence-corrected chi connectivity index (χ1v) is 13.1. The molecule has 4 aromatic rings. The molecule has 0 fully saturated rings. The predicted molar refractivity (Wildman–Crippen MR) is 144 cm³/mol. The molecule has 0 saturated heterocycles. The van der Waals surface area contributed by atoms with Crippen molar-refractivity contribution >= 4 is 40.7 Å². The number of aryl methyl sites for hydroxylation is 1. The van der Waals surface area contributed by atoms with Crippen molar-refractivity contribution in [2.75, 3.05) is 5.32 Å². The first-order chi connectivity index (χ1) is 20.0. The van der Waals surface area contributed by atoms with Gasteiger partial charge in [-0.2, -0.15) is 36.4 Å². The van der Waals surface area contributed by atoms with Gasteiger partial charge in [-0.05, 0) is 56.7 Å². The minimum Gasteiger partial charge on any atom is -0.350 e. The van der Waals surface area contributed by atoms with Gasteiger partial charge >= 0.3 is 12.4 Å². The molecule has 2 heterocycles. The van der Waals surface area contributed by atoms with Gasteiger partial charge in [0.05, 0.1) is 34.2 Å². The number of para-hydroxylation sites is 1. The summed E-state index contributed by atoms with van der Waals surface area (Å²) in [5, 5.41) is 12.8. The quantitative estimate of drug-likeness (QED) is 0.221. The van der Waals surface area contributed by atoms with Gasteiger partial charge in [-0.3, -0.25) is 9.59 Å². The molecule has 0 aliphatic rings. The van der Waals surface area contributed by atoms with Crippen LogP contribution < -0.4 is 10.6 Å². The second-order valence-electron chi connectivity index (χ2n) is 9.52. The zero-order valence-electron chi connectivity index (χ0n) is 22.4. The number of rotatable bonds is 7. The largest absolute Gasteiger partial charge is 0.453 e. The summed E-state index contributed by atoms with van der Waals surface area (Å²) in [6.45, 7) is 4.12. The third kappa shape index (κ3) is 7.10. The second-order valence-corrected chi connectivity index (χ2v) is 10.4. The van der Waals surface area contributed by atoms with E-state index in [2.05, 4.69) is 25.8 Å². The van der Waals surface area contributed by atoms with Crippen molar-refractivity contribution in [2.24, 2.45) is 0 Å². The van der Waals surface area contributed by atoms with Crippen LogP contribution in [0.4, 0.5) is 32.0 Å². The fraction of sp³-hybridized carbons (Fsp3) is 0.269. The van der Waals surface area contributed by atoms with Gasteiger partial charge in [-0.1, -0.05) is 35.3 Å². The van der Waals surface area contributed by atoms with Crippen molar-refractivity contribution in [3.8, 4) is 5.69 Å². The summed E-state index contributed by atoms with van der Waals surface area (Å²) in [6, 6.07) is 9.72. The van der Waals surface area contributed by atoms with Crippen LogP contribution >= 0.6 is 23.2 Å². The minimum absolute atomic E-state index is 0.00147. The number of benzene rings is 2. The van der Waals surface area contributed by atoms with Gasteiger partial charge in [-0.15, -0.1) is 5.10 Å². The molecule has 9 nitrogen and oxygen atoms in total. The predicted octanol–water partition coefficient (Wildman–Crippen LogP) is 6.56. The van der Waals surface area contributed by atoms with E-state index < -0.39 is 42.4 Å². The lowest BCUT2D eigenvalue weighted by molar-refractivity contribution is -0.150. The number of nitrogens with zero attached hydrogens (tertiary/aromatic N) is 5. The van der Waals surface area contributed by atoms with Crippen LogP contribution in [0.3, 0.4) is 0 Å². The number of halogens is 8. The number of carbonyl (C=O) groups excluding carboxylic acids is 2. The molecule has 17 heteroatoms. The summed E-state index contributed by atoms with van der Waals surface area (Å²) in [4.78, 5) is 29.1. The van der Waals surface area contributed by atoms with E-state index in [1.165, 1.54) is 24.3 Å². The van der Waals surface area contributed by atoms with Gasteiger partial charge in [0.2, 0.25) is 5.82 Å². The number of anilines is 1. The first kappa shape index (κ1) is 31.8. The molecule has 43 heavy (non-hydrogen) atoms. The Balaban J connectivity index is 1.81. The summed E-state index contributed by atoms with van der Waals surface area (Å²) < 4.78 is 81.0. The maximum Gasteiger partial charge on any atom is 0.453 e. The standard InChI is InChI=1S/C26H21Cl2F6N7O2/c1-12(2)35-21(42)16-9-14(27)8-13(3)20(16)36-22(43)19-10-15(38-41(19)18-7-5-4-6-17(18)28)11-40-24(26(32,33)34)37-23(39-40)25(29,30)31/h4-10,12H,11H2,1-3H3,(H,35,42)(H,36,43). The topological polar surface area (TPSA) is 107 Å². The first-order valence-electron chi connectivity index (χ1n) is 12.3. The number of carbonyl (C=O) groups is 2. The van der Waals surface area contributed by atoms with Crippen LogP contribution in [-0.4, -0.2) is 42.4 Å². The highest BCUT2D eigenvalue weighted by atomic mass is 35.5. The average Bonchev–Trinajstić information content (AvgIpc) is 3.50. The fourth-order valence-electron chi connectivity index (χ4n) is 4.02. The third-order valence-corrected chi connectivity index (χ3v) is 6.30. The number of nitrogens with one attached hydrogen (secondary N) is 2. The Kier molecular flexibility index (Phi) is 8.79. The molecule has 2 aromatic heterocycles. The lowest BCUT2D eigenvalue weighted by Gasteiger charge is -2.16. The van der Waals surface area contributed by atoms with Crippen LogP contribution in [0.5, 0.6) is 0 Å². The van der Waals surface area contributed by atoms with Gasteiger partial charge in [0, 0.05) is 11.1 Å². The van der Waals surface area contributed by atoms with Crippen LogP contribution in [-0.2, 0) is 18.9 Å². The minimum atomic E-state index is -5.28. The molecule has 0 radical (unpaired) electrons. The summed E-state index contributed by atoms with van der Waals surface area (Å²) in [5.41, 5.74) is 0.129. The Morgan fingerprint density at radius 3 is 2.23 bits per heavy atom. The number of aromatic nitrogens is 5. The fourth-order valence-corrected chi connectivity index (χ4v) is 4.51. The molecular formula is C26H21Cl2F6N7O2. The molecule has 2 N–H and O–H groups in total. The zero-order valence-corrected chi connectivity index (χ0v) is 23.9. The van der Waals surface area contributed by atoms with Crippen LogP contribution in [0, 0.1) is 6.92 Å². The molecule has 2 aromatic carbocycles. The highest BCUT2D eigenvalue weighted by molar-refractivity contribution is 6.32. The maximum absolute atomic E-state index is 13.6. The van der Waals surface area contributed by atoms with E-state index in [0.29, 0.717) is 5.56 Å². The van der Waals surface area contributed by atoms with E-state index >= 15 is 0 Å². The number of hydrogen-bond donors (Lipinski definition) is 2. The van der Waals surface area contributed by atoms with Crippen molar-refractivity contribution in [1.82, 2.24) is 29.9 Å². The SMILES string of the molecule is Cc1cc(Cl)cc(C(=O)NC(C)C)c1NC(=O)c1cc(Cn2nc(C(F)(F)F)nc2C(F)(F)F)nn1-c1ccccc1Cl. The van der Waals surface area contributed by atoms with Gasteiger partial charge in [0.25, 0.3) is 17.6 Å². The van der Waals surface area contributed by atoms with E-state index in [9.17, 15) is 35.9 Å². The van der Waals surface area contributed by atoms with Gasteiger partial charge < -0.3 is 10.6 Å². The number of alkyl halides is 6. The molecule has 228 valence electrons. The molecule has 0 saturated carbocycles. The second kappa shape index (κ2) is 11.9. The zero-order chi connectivity index (χ0) is 31.9.